The Balaban J connectivity index is 2.04. The first-order chi connectivity index (χ1) is 7.13. The number of hydrogen-bond acceptors (Lipinski definition) is 3. The van der Waals surface area contributed by atoms with E-state index in [1.807, 2.05) is 0 Å². The lowest BCUT2D eigenvalue weighted by atomic mass is 10.0. The minimum absolute atomic E-state index is 0.0573. The van der Waals surface area contributed by atoms with Gasteiger partial charge in [0.15, 0.2) is 0 Å². The maximum atomic E-state index is 10.9. The third-order valence-electron chi connectivity index (χ3n) is 3.35. The quantitative estimate of drug-likeness (QED) is 0.306. The average Bonchev–Trinajstić information content (AvgIpc) is 2.53. The van der Waals surface area contributed by atoms with Gasteiger partial charge in [-0.05, 0) is 31.2 Å². The molecule has 4 heteroatoms. The zero-order valence-corrected chi connectivity index (χ0v) is 9.83. The fourth-order valence-electron chi connectivity index (χ4n) is 2.12. The van der Waals surface area contributed by atoms with Crippen molar-refractivity contribution < 1.29 is 4.79 Å². The molecule has 0 aliphatic carbocycles. The number of unbranched alkanes of at least 4 members (excludes halogenated alkanes) is 1. The van der Waals surface area contributed by atoms with Gasteiger partial charge >= 0.3 is 0 Å². The molecule has 3 N–H and O–H groups in total. The molecule has 0 aromatic carbocycles. The molecule has 88 valence electrons. The molecule has 0 aromatic rings. The van der Waals surface area contributed by atoms with Crippen LogP contribution in [0.4, 0.5) is 0 Å². The van der Waals surface area contributed by atoms with Crippen molar-refractivity contribution in [3.63, 3.8) is 0 Å². The van der Waals surface area contributed by atoms with Crippen LogP contribution in [-0.2, 0) is 4.79 Å². The van der Waals surface area contributed by atoms with E-state index >= 15 is 0 Å². The summed E-state index contributed by atoms with van der Waals surface area (Å²) in [7, 11) is 0. The number of nitrogens with one attached hydrogen (secondary N) is 1. The first-order valence-corrected chi connectivity index (χ1v) is 5.85. The van der Waals surface area contributed by atoms with Crippen molar-refractivity contribution in [1.82, 2.24) is 10.3 Å². The lowest BCUT2D eigenvalue weighted by Crippen LogP contribution is -2.30. The highest BCUT2D eigenvalue weighted by Crippen LogP contribution is 2.22. The summed E-state index contributed by atoms with van der Waals surface area (Å²) < 4.78 is 0. The normalized spacial score (nSPS) is 26.9. The molecule has 1 saturated heterocycles. The Bertz CT molecular complexity index is 198. The first kappa shape index (κ1) is 12.5. The third-order valence-corrected chi connectivity index (χ3v) is 3.35. The molecule has 0 saturated carbocycles. The van der Waals surface area contributed by atoms with E-state index in [0.29, 0.717) is 6.42 Å². The van der Waals surface area contributed by atoms with Crippen LogP contribution in [0.1, 0.15) is 33.1 Å². The average molecular weight is 213 g/mol. The number of carbonyl (C=O) groups is 1. The Morgan fingerprint density at radius 1 is 1.33 bits per heavy atom. The lowest BCUT2D eigenvalue weighted by Gasteiger charge is -2.14. The van der Waals surface area contributed by atoms with Gasteiger partial charge in [0.25, 0.3) is 0 Å². The van der Waals surface area contributed by atoms with E-state index in [1.165, 1.54) is 13.1 Å². The minimum Gasteiger partial charge on any atom is -0.303 e. The molecule has 1 heterocycles. The fraction of sp³-hybridized carbons (Fsp3) is 0.909. The van der Waals surface area contributed by atoms with Crippen molar-refractivity contribution >= 4 is 5.91 Å². The Labute approximate surface area is 92.2 Å². The van der Waals surface area contributed by atoms with Crippen LogP contribution in [0.25, 0.3) is 0 Å². The summed E-state index contributed by atoms with van der Waals surface area (Å²) in [5.74, 6) is 6.58. The molecule has 1 amide bonds. The summed E-state index contributed by atoms with van der Waals surface area (Å²) in [4.78, 5) is 13.4. The second-order valence-electron chi connectivity index (χ2n) is 4.74. The second-order valence-corrected chi connectivity index (χ2v) is 4.74. The number of likely N-dealkylation sites (tertiary alicyclic amines) is 1. The van der Waals surface area contributed by atoms with Crippen LogP contribution in [0.2, 0.25) is 0 Å². The number of nitrogens with zero attached hydrogens (tertiary/aromatic N) is 1. The van der Waals surface area contributed by atoms with Crippen LogP contribution in [0.5, 0.6) is 0 Å². The number of nitrogens with two attached hydrogens (primary N) is 1. The molecule has 1 rings (SSSR count). The predicted octanol–water partition coefficient (Wildman–Crippen LogP) is 0.734. The monoisotopic (exact) mass is 213 g/mol. The Kier molecular flexibility index (Phi) is 5.05. The summed E-state index contributed by atoms with van der Waals surface area (Å²) in [6.45, 7) is 8.17. The number of carbonyl (C=O) groups excluding carboxylic acids is 1. The van der Waals surface area contributed by atoms with Crippen LogP contribution in [0.3, 0.4) is 0 Å². The summed E-state index contributed by atoms with van der Waals surface area (Å²) >= 11 is 0. The van der Waals surface area contributed by atoms with Crippen LogP contribution >= 0.6 is 0 Å². The van der Waals surface area contributed by atoms with Crippen molar-refractivity contribution in [2.45, 2.75) is 33.1 Å². The third kappa shape index (κ3) is 4.18. The smallest absolute Gasteiger partial charge is 0.233 e. The molecule has 0 radical (unpaired) electrons. The van der Waals surface area contributed by atoms with Gasteiger partial charge in [0.1, 0.15) is 0 Å². The van der Waals surface area contributed by atoms with Gasteiger partial charge in [0, 0.05) is 19.5 Å². The molecule has 2 atom stereocenters. The molecule has 0 aromatic heterocycles. The lowest BCUT2D eigenvalue weighted by molar-refractivity contribution is -0.121. The number of rotatable bonds is 5. The van der Waals surface area contributed by atoms with E-state index in [4.69, 9.17) is 5.84 Å². The predicted molar refractivity (Wildman–Crippen MR) is 60.9 cm³/mol. The summed E-state index contributed by atoms with van der Waals surface area (Å²) in [5, 5.41) is 0. The second kappa shape index (κ2) is 6.08. The molecule has 1 fully saturated rings. The van der Waals surface area contributed by atoms with Crippen molar-refractivity contribution in [2.75, 3.05) is 19.6 Å². The molecule has 15 heavy (non-hydrogen) atoms. The van der Waals surface area contributed by atoms with Gasteiger partial charge in [0.05, 0.1) is 0 Å². The van der Waals surface area contributed by atoms with Gasteiger partial charge in [-0.2, -0.15) is 0 Å². The standard InChI is InChI=1S/C11H23N3O/c1-9-7-14(8-10(9)2)6-4-3-5-11(15)13-12/h9-10H,3-8,12H2,1-2H3,(H,13,15). The SMILES string of the molecule is CC1CN(CCCCC(=O)NN)CC1C. The van der Waals surface area contributed by atoms with Gasteiger partial charge in [-0.15, -0.1) is 0 Å². The summed E-state index contributed by atoms with van der Waals surface area (Å²) in [5.41, 5.74) is 2.15. The molecule has 2 unspecified atom stereocenters. The highest BCUT2D eigenvalue weighted by atomic mass is 16.2. The van der Waals surface area contributed by atoms with Gasteiger partial charge in [-0.1, -0.05) is 13.8 Å². The number of hydrogen-bond donors (Lipinski definition) is 2. The van der Waals surface area contributed by atoms with E-state index in [-0.39, 0.29) is 5.91 Å². The molecular formula is C11H23N3O. The zero-order chi connectivity index (χ0) is 11.3. The molecule has 1 aliphatic heterocycles. The molecule has 0 bridgehead atoms. The van der Waals surface area contributed by atoms with E-state index in [1.54, 1.807) is 0 Å². The zero-order valence-electron chi connectivity index (χ0n) is 9.83. The topological polar surface area (TPSA) is 58.4 Å². The van der Waals surface area contributed by atoms with Crippen LogP contribution in [-0.4, -0.2) is 30.4 Å². The highest BCUT2D eigenvalue weighted by Gasteiger charge is 2.25. The molecule has 4 nitrogen and oxygen atoms in total. The van der Waals surface area contributed by atoms with E-state index < -0.39 is 0 Å². The van der Waals surface area contributed by atoms with Gasteiger partial charge in [-0.3, -0.25) is 10.2 Å². The van der Waals surface area contributed by atoms with Gasteiger partial charge in [-0.25, -0.2) is 5.84 Å². The highest BCUT2D eigenvalue weighted by molar-refractivity contribution is 5.75. The molecular weight excluding hydrogens is 190 g/mol. The summed E-state index contributed by atoms with van der Waals surface area (Å²) in [6.07, 6.45) is 2.57. The van der Waals surface area contributed by atoms with Crippen molar-refractivity contribution in [2.24, 2.45) is 17.7 Å². The number of hydrazine groups is 1. The van der Waals surface area contributed by atoms with Crippen molar-refractivity contribution in [1.29, 1.82) is 0 Å². The van der Waals surface area contributed by atoms with Crippen LogP contribution < -0.4 is 11.3 Å². The van der Waals surface area contributed by atoms with Crippen LogP contribution in [0, 0.1) is 11.8 Å². The maximum absolute atomic E-state index is 10.9. The van der Waals surface area contributed by atoms with E-state index in [0.717, 1.165) is 31.2 Å². The van der Waals surface area contributed by atoms with Gasteiger partial charge < -0.3 is 4.90 Å². The molecule has 0 spiro atoms. The van der Waals surface area contributed by atoms with Crippen LogP contribution in [0.15, 0.2) is 0 Å². The van der Waals surface area contributed by atoms with Gasteiger partial charge in [0.2, 0.25) is 5.91 Å². The Morgan fingerprint density at radius 2 is 1.93 bits per heavy atom. The minimum atomic E-state index is -0.0573. The Morgan fingerprint density at radius 3 is 2.47 bits per heavy atom. The van der Waals surface area contributed by atoms with Crippen molar-refractivity contribution in [3.05, 3.63) is 0 Å². The number of amides is 1. The van der Waals surface area contributed by atoms with Crippen molar-refractivity contribution in [3.8, 4) is 0 Å². The first-order valence-electron chi connectivity index (χ1n) is 5.85. The largest absolute Gasteiger partial charge is 0.303 e. The molecule has 1 aliphatic rings. The van der Waals surface area contributed by atoms with E-state index in [2.05, 4.69) is 24.2 Å². The maximum Gasteiger partial charge on any atom is 0.233 e. The fourth-order valence-corrected chi connectivity index (χ4v) is 2.12. The summed E-state index contributed by atoms with van der Waals surface area (Å²) in [6, 6.07) is 0. The Hall–Kier alpha value is -0.610. The van der Waals surface area contributed by atoms with E-state index in [9.17, 15) is 4.79 Å².